The Kier molecular flexibility index (Phi) is 7.13. The molecule has 0 aliphatic rings. The predicted molar refractivity (Wildman–Crippen MR) is 98.6 cm³/mol. The van der Waals surface area contributed by atoms with Gasteiger partial charge in [-0.25, -0.2) is 14.4 Å². The number of nitrogens with one attached hydrogen (secondary N) is 1. The van der Waals surface area contributed by atoms with Crippen LogP contribution in [-0.4, -0.2) is 34.8 Å². The Labute approximate surface area is 155 Å². The van der Waals surface area contributed by atoms with Crippen LogP contribution < -0.4 is 5.32 Å². The van der Waals surface area contributed by atoms with Crippen LogP contribution in [0.1, 0.15) is 38.3 Å². The van der Waals surface area contributed by atoms with E-state index in [1.807, 2.05) is 30.3 Å². The second-order valence-electron chi connectivity index (χ2n) is 5.63. The first-order valence-corrected chi connectivity index (χ1v) is 8.18. The summed E-state index contributed by atoms with van der Waals surface area (Å²) in [6.07, 6.45) is 3.26. The van der Waals surface area contributed by atoms with Crippen molar-refractivity contribution in [1.29, 1.82) is 0 Å². The van der Waals surface area contributed by atoms with Crippen molar-refractivity contribution in [2.24, 2.45) is 0 Å². The summed E-state index contributed by atoms with van der Waals surface area (Å²) in [5.41, 5.74) is 1.15. The van der Waals surface area contributed by atoms with E-state index in [9.17, 15) is 14.4 Å². The van der Waals surface area contributed by atoms with Crippen molar-refractivity contribution < 1.29 is 29.3 Å². The highest BCUT2D eigenvalue weighted by Crippen LogP contribution is 2.13. The Morgan fingerprint density at radius 1 is 0.963 bits per heavy atom. The molecule has 0 aliphatic carbocycles. The summed E-state index contributed by atoms with van der Waals surface area (Å²) in [6.45, 7) is 0.511. The van der Waals surface area contributed by atoms with Crippen molar-refractivity contribution in [2.45, 2.75) is 13.0 Å². The van der Waals surface area contributed by atoms with E-state index in [0.717, 1.165) is 11.6 Å². The van der Waals surface area contributed by atoms with Crippen molar-refractivity contribution >= 4 is 24.1 Å². The van der Waals surface area contributed by atoms with Gasteiger partial charge in [0.25, 0.3) is 0 Å². The van der Waals surface area contributed by atoms with Crippen molar-refractivity contribution in [2.75, 3.05) is 6.54 Å². The fourth-order valence-electron chi connectivity index (χ4n) is 2.25. The quantitative estimate of drug-likeness (QED) is 0.615. The maximum Gasteiger partial charge on any atom is 0.407 e. The van der Waals surface area contributed by atoms with Gasteiger partial charge in [-0.1, -0.05) is 42.5 Å². The van der Waals surface area contributed by atoms with Crippen LogP contribution in [0, 0.1) is 0 Å². The highest BCUT2D eigenvalue weighted by molar-refractivity contribution is 5.94. The molecule has 0 aromatic heterocycles. The number of amides is 1. The first kappa shape index (κ1) is 19.7. The smallest absolute Gasteiger partial charge is 0.407 e. The molecule has 0 fully saturated rings. The lowest BCUT2D eigenvalue weighted by atomic mass is 10.0. The lowest BCUT2D eigenvalue weighted by molar-refractivity contribution is 0.0696. The molecule has 27 heavy (non-hydrogen) atoms. The normalized spacial score (nSPS) is 10.5. The molecule has 3 N–H and O–H groups in total. The zero-order valence-corrected chi connectivity index (χ0v) is 14.4. The van der Waals surface area contributed by atoms with Crippen molar-refractivity contribution in [3.05, 3.63) is 76.9 Å². The van der Waals surface area contributed by atoms with Gasteiger partial charge in [0.2, 0.25) is 0 Å². The molecular formula is C20H19NO6. The predicted octanol–water partition coefficient (Wildman–Crippen LogP) is 3.41. The van der Waals surface area contributed by atoms with Crippen LogP contribution in [0.15, 0.2) is 54.6 Å². The molecule has 140 valence electrons. The number of carbonyl (C=O) groups excluding carboxylic acids is 1. The van der Waals surface area contributed by atoms with Crippen LogP contribution in [0.25, 0.3) is 6.08 Å². The number of carbonyl (C=O) groups is 3. The fraction of sp³-hybridized carbons (Fsp3) is 0.150. The molecule has 0 bridgehead atoms. The topological polar surface area (TPSA) is 113 Å². The molecule has 0 aliphatic heterocycles. The maximum absolute atomic E-state index is 11.6. The third-order valence-corrected chi connectivity index (χ3v) is 3.55. The van der Waals surface area contributed by atoms with Gasteiger partial charge in [-0.2, -0.15) is 0 Å². The summed E-state index contributed by atoms with van der Waals surface area (Å²) < 4.78 is 5.07. The molecule has 0 spiro atoms. The lowest BCUT2D eigenvalue weighted by Gasteiger charge is -2.06. The van der Waals surface area contributed by atoms with Crippen LogP contribution in [0.4, 0.5) is 4.79 Å². The molecule has 0 atom stereocenters. The van der Waals surface area contributed by atoms with Crippen LogP contribution in [0.3, 0.4) is 0 Å². The Balaban J connectivity index is 1.81. The van der Waals surface area contributed by atoms with Crippen LogP contribution in [-0.2, 0) is 11.3 Å². The molecule has 7 nitrogen and oxygen atoms in total. The number of aromatic carboxylic acids is 2. The van der Waals surface area contributed by atoms with Crippen molar-refractivity contribution in [3.8, 4) is 0 Å². The number of hydrogen-bond donors (Lipinski definition) is 3. The number of carboxylic acid groups (broad SMARTS) is 2. The number of carboxylic acids is 2. The molecule has 2 aromatic rings. The minimum atomic E-state index is -1.20. The monoisotopic (exact) mass is 369 g/mol. The fourth-order valence-corrected chi connectivity index (χ4v) is 2.25. The standard InChI is InChI=1S/C20H19NO6/c22-18(23)16-10-15(11-17(12-16)19(24)25)8-4-5-9-21-20(26)27-13-14-6-2-1-3-7-14/h1-4,6-8,10-12H,5,9,13H2,(H,21,26)(H,22,23)(H,24,25). The third kappa shape index (κ3) is 6.66. The molecule has 0 saturated carbocycles. The second kappa shape index (κ2) is 9.76. The van der Waals surface area contributed by atoms with E-state index in [2.05, 4.69) is 5.32 Å². The van der Waals surface area contributed by atoms with E-state index in [1.54, 1.807) is 12.2 Å². The minimum Gasteiger partial charge on any atom is -0.478 e. The van der Waals surface area contributed by atoms with Gasteiger partial charge < -0.3 is 20.3 Å². The summed E-state index contributed by atoms with van der Waals surface area (Å²) in [4.78, 5) is 33.7. The van der Waals surface area contributed by atoms with Crippen LogP contribution >= 0.6 is 0 Å². The van der Waals surface area contributed by atoms with E-state index in [1.165, 1.54) is 12.1 Å². The lowest BCUT2D eigenvalue weighted by Crippen LogP contribution is -2.24. The van der Waals surface area contributed by atoms with Gasteiger partial charge in [0, 0.05) is 6.54 Å². The van der Waals surface area contributed by atoms with E-state index < -0.39 is 18.0 Å². The molecule has 1 amide bonds. The summed E-state index contributed by atoms with van der Waals surface area (Å²) in [5.74, 6) is -2.40. The molecule has 2 aromatic carbocycles. The summed E-state index contributed by atoms with van der Waals surface area (Å²) in [5, 5.41) is 20.7. The molecule has 0 saturated heterocycles. The molecule has 2 rings (SSSR count). The van der Waals surface area contributed by atoms with E-state index in [0.29, 0.717) is 18.5 Å². The maximum atomic E-state index is 11.6. The highest BCUT2D eigenvalue weighted by Gasteiger charge is 2.10. The van der Waals surface area contributed by atoms with Gasteiger partial charge in [0.1, 0.15) is 6.61 Å². The van der Waals surface area contributed by atoms with Gasteiger partial charge in [0.15, 0.2) is 0 Å². The highest BCUT2D eigenvalue weighted by atomic mass is 16.5. The Morgan fingerprint density at radius 2 is 1.59 bits per heavy atom. The molecule has 0 radical (unpaired) electrons. The average molecular weight is 369 g/mol. The molecule has 7 heteroatoms. The molecular weight excluding hydrogens is 350 g/mol. The second-order valence-corrected chi connectivity index (χ2v) is 5.63. The number of ether oxygens (including phenoxy) is 1. The summed E-state index contributed by atoms with van der Waals surface area (Å²) in [7, 11) is 0. The Hall–Kier alpha value is -3.61. The number of benzene rings is 2. The molecule has 0 unspecified atom stereocenters. The van der Waals surface area contributed by atoms with Crippen LogP contribution in [0.2, 0.25) is 0 Å². The van der Waals surface area contributed by atoms with E-state index in [-0.39, 0.29) is 17.7 Å². The van der Waals surface area contributed by atoms with Gasteiger partial charge in [-0.05, 0) is 35.7 Å². The van der Waals surface area contributed by atoms with E-state index >= 15 is 0 Å². The van der Waals surface area contributed by atoms with Crippen LogP contribution in [0.5, 0.6) is 0 Å². The van der Waals surface area contributed by atoms with Crippen molar-refractivity contribution in [1.82, 2.24) is 5.32 Å². The summed E-state index contributed by atoms with van der Waals surface area (Å²) in [6, 6.07) is 13.2. The Morgan fingerprint density at radius 3 is 2.19 bits per heavy atom. The summed E-state index contributed by atoms with van der Waals surface area (Å²) >= 11 is 0. The number of rotatable bonds is 8. The zero-order chi connectivity index (χ0) is 19.6. The zero-order valence-electron chi connectivity index (χ0n) is 14.4. The van der Waals surface area contributed by atoms with E-state index in [4.69, 9.17) is 14.9 Å². The van der Waals surface area contributed by atoms with Gasteiger partial charge in [-0.15, -0.1) is 0 Å². The first-order valence-electron chi connectivity index (χ1n) is 8.18. The van der Waals surface area contributed by atoms with Crippen molar-refractivity contribution in [3.63, 3.8) is 0 Å². The number of alkyl carbamates (subject to hydrolysis) is 1. The largest absolute Gasteiger partial charge is 0.478 e. The van der Waals surface area contributed by atoms with Gasteiger partial charge in [0.05, 0.1) is 11.1 Å². The van der Waals surface area contributed by atoms with Gasteiger partial charge in [-0.3, -0.25) is 0 Å². The Bertz CT molecular complexity index is 813. The van der Waals surface area contributed by atoms with Gasteiger partial charge >= 0.3 is 18.0 Å². The molecule has 0 heterocycles. The number of hydrogen-bond acceptors (Lipinski definition) is 4. The average Bonchev–Trinajstić information content (AvgIpc) is 2.66. The SMILES string of the molecule is O=C(NCCC=Cc1cc(C(=O)O)cc(C(=O)O)c1)OCc1ccccc1. The first-order chi connectivity index (χ1) is 13.0. The third-order valence-electron chi connectivity index (χ3n) is 3.55. The minimum absolute atomic E-state index is 0.0998.